The summed E-state index contributed by atoms with van der Waals surface area (Å²) in [7, 11) is 0. The minimum Gasteiger partial charge on any atom is -0.292 e. The molecule has 2 heterocycles. The highest BCUT2D eigenvalue weighted by Crippen LogP contribution is 2.35. The highest BCUT2D eigenvalue weighted by atomic mass is 32.2. The third-order valence-corrected chi connectivity index (χ3v) is 5.93. The van der Waals surface area contributed by atoms with E-state index in [2.05, 4.69) is 0 Å². The van der Waals surface area contributed by atoms with E-state index in [-0.39, 0.29) is 11.0 Å². The number of rotatable bonds is 1. The first-order valence-electron chi connectivity index (χ1n) is 4.04. The first-order chi connectivity index (χ1) is 6.74. The monoisotopic (exact) mass is 260 g/mol. The lowest BCUT2D eigenvalue weighted by Crippen LogP contribution is -2.27. The van der Waals surface area contributed by atoms with Crippen LogP contribution in [0.25, 0.3) is 0 Å². The van der Waals surface area contributed by atoms with Crippen molar-refractivity contribution < 1.29 is 4.79 Å². The highest BCUT2D eigenvalue weighted by Gasteiger charge is 2.31. The van der Waals surface area contributed by atoms with Gasteiger partial charge in [-0.25, -0.2) is 0 Å². The van der Waals surface area contributed by atoms with Gasteiger partial charge in [-0.3, -0.25) is 4.79 Å². The summed E-state index contributed by atoms with van der Waals surface area (Å²) in [6.45, 7) is 0. The average molecular weight is 260 g/mol. The molecule has 0 N–H and O–H groups in total. The van der Waals surface area contributed by atoms with E-state index >= 15 is 0 Å². The second-order valence-electron chi connectivity index (χ2n) is 2.85. The van der Waals surface area contributed by atoms with E-state index < -0.39 is 0 Å². The number of thiocarbonyl (C=S) groups is 1. The molecule has 0 saturated heterocycles. The second kappa shape index (κ2) is 4.35. The van der Waals surface area contributed by atoms with Gasteiger partial charge in [0.05, 0.1) is 9.07 Å². The molecule has 14 heavy (non-hydrogen) atoms. The van der Waals surface area contributed by atoms with Gasteiger partial charge in [-0.15, -0.1) is 34.9 Å². The van der Waals surface area contributed by atoms with Gasteiger partial charge < -0.3 is 0 Å². The van der Waals surface area contributed by atoms with Crippen LogP contribution >= 0.6 is 47.1 Å². The molecule has 1 atom stereocenters. The van der Waals surface area contributed by atoms with Crippen molar-refractivity contribution >= 4 is 57.1 Å². The Labute approximate surface area is 101 Å². The molecule has 1 aromatic heterocycles. The maximum absolute atomic E-state index is 12.0. The molecule has 0 bridgehead atoms. The number of thiophene rings is 1. The molecule has 0 amide bonds. The highest BCUT2D eigenvalue weighted by molar-refractivity contribution is 8.24. The van der Waals surface area contributed by atoms with Crippen molar-refractivity contribution in [1.82, 2.24) is 0 Å². The summed E-state index contributed by atoms with van der Waals surface area (Å²) < 4.78 is 0.805. The summed E-state index contributed by atoms with van der Waals surface area (Å²) in [5, 5.41) is 1.87. The average Bonchev–Trinajstić information content (AvgIpc) is 2.66. The van der Waals surface area contributed by atoms with Gasteiger partial charge in [0.2, 0.25) is 0 Å². The second-order valence-corrected chi connectivity index (χ2v) is 6.41. The zero-order chi connectivity index (χ0) is 10.1. The first kappa shape index (κ1) is 10.7. The van der Waals surface area contributed by atoms with Gasteiger partial charge in [0.25, 0.3) is 0 Å². The van der Waals surface area contributed by atoms with Crippen LogP contribution in [0.2, 0.25) is 0 Å². The largest absolute Gasteiger partial charge is 0.292 e. The van der Waals surface area contributed by atoms with Crippen molar-refractivity contribution in [3.8, 4) is 0 Å². The Kier molecular flexibility index (Phi) is 3.31. The van der Waals surface area contributed by atoms with Crippen LogP contribution in [-0.2, 0) is 5.75 Å². The molecule has 0 spiro atoms. The van der Waals surface area contributed by atoms with Crippen LogP contribution in [-0.4, -0.2) is 21.5 Å². The number of ketones is 1. The molecule has 0 radical (unpaired) electrons. The van der Waals surface area contributed by atoms with Crippen molar-refractivity contribution in [2.24, 2.45) is 0 Å². The van der Waals surface area contributed by atoms with Gasteiger partial charge in [-0.05, 0) is 23.3 Å². The number of thioether (sulfide) groups is 2. The van der Waals surface area contributed by atoms with Gasteiger partial charge >= 0.3 is 0 Å². The smallest absolute Gasteiger partial charge is 0.191 e. The summed E-state index contributed by atoms with van der Waals surface area (Å²) in [5.41, 5.74) is 1.17. The van der Waals surface area contributed by atoms with Crippen molar-refractivity contribution in [2.75, 3.05) is 6.26 Å². The van der Waals surface area contributed by atoms with Crippen LogP contribution in [0, 0.1) is 0 Å². The first-order valence-corrected chi connectivity index (χ1v) is 7.60. The van der Waals surface area contributed by atoms with Gasteiger partial charge in [0, 0.05) is 5.75 Å². The van der Waals surface area contributed by atoms with Crippen LogP contribution in [0.15, 0.2) is 11.4 Å². The zero-order valence-electron chi connectivity index (χ0n) is 7.48. The van der Waals surface area contributed by atoms with Gasteiger partial charge in [-0.2, -0.15) is 0 Å². The van der Waals surface area contributed by atoms with Gasteiger partial charge in [-0.1, -0.05) is 12.2 Å². The normalized spacial score (nSPS) is 20.6. The van der Waals surface area contributed by atoms with E-state index in [9.17, 15) is 4.79 Å². The predicted molar refractivity (Wildman–Crippen MR) is 69.8 cm³/mol. The summed E-state index contributed by atoms with van der Waals surface area (Å²) in [5.74, 6) is 1.11. The summed E-state index contributed by atoms with van der Waals surface area (Å²) in [4.78, 5) is 12.9. The molecule has 1 aromatic rings. The number of carbonyl (C=O) groups excluding carboxylic acids is 1. The van der Waals surface area contributed by atoms with Crippen LogP contribution < -0.4 is 0 Å². The molecular formula is C9H8OS4. The van der Waals surface area contributed by atoms with Crippen LogP contribution in [0.5, 0.6) is 0 Å². The van der Waals surface area contributed by atoms with Crippen molar-refractivity contribution in [1.29, 1.82) is 0 Å². The molecular weight excluding hydrogens is 252 g/mol. The summed E-state index contributed by atoms with van der Waals surface area (Å²) in [6.07, 6.45) is 1.93. The maximum atomic E-state index is 12.0. The molecule has 1 unspecified atom stereocenters. The van der Waals surface area contributed by atoms with Gasteiger partial charge in [0.15, 0.2) is 5.78 Å². The third-order valence-electron chi connectivity index (χ3n) is 2.03. The van der Waals surface area contributed by atoms with E-state index in [4.69, 9.17) is 12.2 Å². The van der Waals surface area contributed by atoms with Crippen LogP contribution in [0.4, 0.5) is 0 Å². The Morgan fingerprint density at radius 2 is 2.50 bits per heavy atom. The SMILES string of the molecule is CSC(=S)C1SCc2ccsc2C1=O. The van der Waals surface area contributed by atoms with E-state index in [0.29, 0.717) is 0 Å². The summed E-state index contributed by atoms with van der Waals surface area (Å²) >= 11 is 9.87. The number of hydrogen-bond acceptors (Lipinski definition) is 5. The van der Waals surface area contributed by atoms with Gasteiger partial charge in [0.1, 0.15) is 5.25 Å². The Balaban J connectivity index is 2.30. The van der Waals surface area contributed by atoms with Crippen molar-refractivity contribution in [3.05, 3.63) is 21.9 Å². The number of Topliss-reactive ketones (excluding diaryl/α,β-unsaturated/α-hetero) is 1. The molecule has 1 aliphatic heterocycles. The van der Waals surface area contributed by atoms with E-state index in [1.165, 1.54) is 28.7 Å². The van der Waals surface area contributed by atoms with E-state index in [1.807, 2.05) is 17.7 Å². The number of hydrogen-bond donors (Lipinski definition) is 0. The molecule has 5 heteroatoms. The summed E-state index contributed by atoms with van der Waals surface area (Å²) in [6, 6.07) is 2.03. The molecule has 0 saturated carbocycles. The fraction of sp³-hybridized carbons (Fsp3) is 0.333. The molecule has 74 valence electrons. The topological polar surface area (TPSA) is 17.1 Å². The molecule has 2 rings (SSSR count). The van der Waals surface area contributed by atoms with Crippen molar-refractivity contribution in [2.45, 2.75) is 11.0 Å². The van der Waals surface area contributed by atoms with Crippen LogP contribution in [0.3, 0.4) is 0 Å². The molecule has 0 aromatic carbocycles. The minimum atomic E-state index is -0.105. The Morgan fingerprint density at radius 1 is 1.71 bits per heavy atom. The number of fused-ring (bicyclic) bond motifs is 1. The van der Waals surface area contributed by atoms with E-state index in [0.717, 1.165) is 14.8 Å². The molecule has 1 nitrogen and oxygen atoms in total. The van der Waals surface area contributed by atoms with E-state index in [1.54, 1.807) is 11.8 Å². The number of carbonyl (C=O) groups is 1. The van der Waals surface area contributed by atoms with Crippen molar-refractivity contribution in [3.63, 3.8) is 0 Å². The molecule has 0 aliphatic carbocycles. The minimum absolute atomic E-state index is 0.105. The quantitative estimate of drug-likeness (QED) is 0.721. The predicted octanol–water partition coefficient (Wildman–Crippen LogP) is 3.24. The molecule has 0 fully saturated rings. The lowest BCUT2D eigenvalue weighted by Gasteiger charge is -2.19. The maximum Gasteiger partial charge on any atom is 0.191 e. The third kappa shape index (κ3) is 1.78. The zero-order valence-corrected chi connectivity index (χ0v) is 10.7. The Morgan fingerprint density at radius 3 is 3.21 bits per heavy atom. The Hall–Kier alpha value is 0.160. The fourth-order valence-electron chi connectivity index (χ4n) is 1.32. The lowest BCUT2D eigenvalue weighted by molar-refractivity contribution is 0.101. The standard InChI is InChI=1S/C9H8OS4/c1-12-9(11)8-6(10)7-5(4-14-8)2-3-13-7/h2-3,8H,4H2,1H3. The Bertz CT molecular complexity index is 382. The molecule has 1 aliphatic rings. The lowest BCUT2D eigenvalue weighted by atomic mass is 10.2. The van der Waals surface area contributed by atoms with Crippen LogP contribution in [0.1, 0.15) is 15.2 Å². The fourth-order valence-corrected chi connectivity index (χ4v) is 4.49.